The molecule has 0 bridgehead atoms. The first kappa shape index (κ1) is 13.4. The molecular formula is C13H9BrN6O. The smallest absolute Gasteiger partial charge is 0.257 e. The Bertz CT molecular complexity index is 757. The molecule has 0 saturated carbocycles. The van der Waals surface area contributed by atoms with Crippen molar-refractivity contribution in [3.8, 4) is 5.95 Å². The van der Waals surface area contributed by atoms with Gasteiger partial charge in [0.1, 0.15) is 0 Å². The molecule has 0 radical (unpaired) electrons. The number of carbonyl (C=O) groups excluding carboxylic acids is 1. The van der Waals surface area contributed by atoms with Gasteiger partial charge in [0.15, 0.2) is 0 Å². The second-order valence-electron chi connectivity index (χ2n) is 4.07. The quantitative estimate of drug-likeness (QED) is 0.785. The second kappa shape index (κ2) is 5.80. The Balaban J connectivity index is 1.75. The number of hydrogen-bond acceptors (Lipinski definition) is 5. The predicted molar refractivity (Wildman–Crippen MR) is 79.0 cm³/mol. The van der Waals surface area contributed by atoms with Gasteiger partial charge in [0.05, 0.1) is 23.6 Å². The third-order valence-electron chi connectivity index (χ3n) is 2.57. The lowest BCUT2D eigenvalue weighted by molar-refractivity contribution is 0.102. The van der Waals surface area contributed by atoms with E-state index in [4.69, 9.17) is 0 Å². The Morgan fingerprint density at radius 3 is 2.67 bits per heavy atom. The van der Waals surface area contributed by atoms with E-state index in [1.54, 1.807) is 30.7 Å². The third kappa shape index (κ3) is 3.11. The number of nitrogens with one attached hydrogen (secondary N) is 1. The Morgan fingerprint density at radius 1 is 1.19 bits per heavy atom. The number of rotatable bonds is 3. The molecule has 21 heavy (non-hydrogen) atoms. The molecule has 3 aromatic heterocycles. The maximum atomic E-state index is 12.0. The average molecular weight is 345 g/mol. The number of hydrogen-bond donors (Lipinski definition) is 1. The molecule has 0 fully saturated rings. The second-order valence-corrected chi connectivity index (χ2v) is 4.98. The number of anilines is 1. The largest absolute Gasteiger partial charge is 0.319 e. The topological polar surface area (TPSA) is 85.6 Å². The van der Waals surface area contributed by atoms with E-state index >= 15 is 0 Å². The van der Waals surface area contributed by atoms with Crippen LogP contribution in [-0.2, 0) is 0 Å². The lowest BCUT2D eigenvalue weighted by atomic mass is 10.2. The minimum atomic E-state index is -0.278. The zero-order valence-corrected chi connectivity index (χ0v) is 12.2. The summed E-state index contributed by atoms with van der Waals surface area (Å²) in [7, 11) is 0. The maximum absolute atomic E-state index is 12.0. The van der Waals surface area contributed by atoms with Crippen LogP contribution in [0.15, 0.2) is 53.8 Å². The summed E-state index contributed by atoms with van der Waals surface area (Å²) >= 11 is 3.27. The van der Waals surface area contributed by atoms with Gasteiger partial charge >= 0.3 is 0 Å². The molecular weight excluding hydrogens is 336 g/mol. The Kier molecular flexibility index (Phi) is 3.69. The fourth-order valence-corrected chi connectivity index (χ4v) is 2.00. The molecule has 1 amide bonds. The molecule has 0 aliphatic heterocycles. The standard InChI is InChI=1S/C13H9BrN6O/c14-10-4-9(5-15-6-10)12(21)19-11-7-16-13(17-8-11)20-3-1-2-18-20/h1-8H,(H,19,21). The van der Waals surface area contributed by atoms with E-state index in [-0.39, 0.29) is 5.91 Å². The molecule has 7 nitrogen and oxygen atoms in total. The van der Waals surface area contributed by atoms with E-state index in [9.17, 15) is 4.79 Å². The maximum Gasteiger partial charge on any atom is 0.257 e. The summed E-state index contributed by atoms with van der Waals surface area (Å²) in [5, 5.41) is 6.73. The van der Waals surface area contributed by atoms with Crippen molar-refractivity contribution in [2.24, 2.45) is 0 Å². The van der Waals surface area contributed by atoms with E-state index in [1.165, 1.54) is 23.3 Å². The number of carbonyl (C=O) groups is 1. The van der Waals surface area contributed by atoms with Crippen molar-refractivity contribution >= 4 is 27.5 Å². The van der Waals surface area contributed by atoms with Crippen molar-refractivity contribution in [3.05, 3.63) is 59.3 Å². The highest BCUT2D eigenvalue weighted by atomic mass is 79.9. The van der Waals surface area contributed by atoms with Gasteiger partial charge in [0.25, 0.3) is 11.9 Å². The third-order valence-corrected chi connectivity index (χ3v) is 3.01. The monoisotopic (exact) mass is 344 g/mol. The zero-order chi connectivity index (χ0) is 14.7. The number of aromatic nitrogens is 5. The molecule has 3 rings (SSSR count). The van der Waals surface area contributed by atoms with Crippen LogP contribution in [0.5, 0.6) is 0 Å². The first-order valence-electron chi connectivity index (χ1n) is 5.96. The minimum Gasteiger partial charge on any atom is -0.319 e. The fourth-order valence-electron chi connectivity index (χ4n) is 1.63. The summed E-state index contributed by atoms with van der Waals surface area (Å²) in [5.41, 5.74) is 0.941. The van der Waals surface area contributed by atoms with Crippen LogP contribution in [0.25, 0.3) is 5.95 Å². The van der Waals surface area contributed by atoms with Crippen molar-refractivity contribution in [1.29, 1.82) is 0 Å². The summed E-state index contributed by atoms with van der Waals surface area (Å²) in [5.74, 6) is 0.154. The van der Waals surface area contributed by atoms with Crippen LogP contribution in [0.2, 0.25) is 0 Å². The van der Waals surface area contributed by atoms with Crippen LogP contribution in [0, 0.1) is 0 Å². The normalized spacial score (nSPS) is 10.3. The minimum absolute atomic E-state index is 0.278. The van der Waals surface area contributed by atoms with Crippen LogP contribution < -0.4 is 5.32 Å². The van der Waals surface area contributed by atoms with Gasteiger partial charge in [0.2, 0.25) is 0 Å². The highest BCUT2D eigenvalue weighted by Gasteiger charge is 2.08. The lowest BCUT2D eigenvalue weighted by Gasteiger charge is -2.05. The van der Waals surface area contributed by atoms with Gasteiger partial charge in [-0.2, -0.15) is 5.10 Å². The van der Waals surface area contributed by atoms with Crippen molar-refractivity contribution in [2.45, 2.75) is 0 Å². The van der Waals surface area contributed by atoms with E-state index < -0.39 is 0 Å². The van der Waals surface area contributed by atoms with E-state index in [0.717, 1.165) is 4.47 Å². The Labute approximate surface area is 128 Å². The zero-order valence-electron chi connectivity index (χ0n) is 10.6. The molecule has 1 N–H and O–H groups in total. The van der Waals surface area contributed by atoms with Crippen LogP contribution >= 0.6 is 15.9 Å². The molecule has 0 aromatic carbocycles. The van der Waals surface area contributed by atoms with Crippen LogP contribution in [0.1, 0.15) is 10.4 Å². The van der Waals surface area contributed by atoms with Gasteiger partial charge in [-0.1, -0.05) is 0 Å². The van der Waals surface area contributed by atoms with Crippen molar-refractivity contribution in [3.63, 3.8) is 0 Å². The summed E-state index contributed by atoms with van der Waals surface area (Å²) in [6, 6.07) is 3.46. The highest BCUT2D eigenvalue weighted by Crippen LogP contribution is 2.12. The van der Waals surface area contributed by atoms with Crippen LogP contribution in [-0.4, -0.2) is 30.6 Å². The number of nitrogens with zero attached hydrogens (tertiary/aromatic N) is 5. The number of pyridine rings is 1. The van der Waals surface area contributed by atoms with Gasteiger partial charge in [-0.25, -0.2) is 14.6 Å². The van der Waals surface area contributed by atoms with Gasteiger partial charge in [-0.15, -0.1) is 0 Å². The molecule has 104 valence electrons. The molecule has 0 aliphatic rings. The molecule has 8 heteroatoms. The SMILES string of the molecule is O=C(Nc1cnc(-n2cccn2)nc1)c1cncc(Br)c1. The lowest BCUT2D eigenvalue weighted by Crippen LogP contribution is -2.13. The number of halogens is 1. The van der Waals surface area contributed by atoms with Crippen molar-refractivity contribution in [1.82, 2.24) is 24.7 Å². The van der Waals surface area contributed by atoms with Gasteiger partial charge in [-0.05, 0) is 28.1 Å². The molecule has 3 heterocycles. The van der Waals surface area contributed by atoms with Crippen LogP contribution in [0.3, 0.4) is 0 Å². The Morgan fingerprint density at radius 2 is 2.00 bits per heavy atom. The van der Waals surface area contributed by atoms with Crippen molar-refractivity contribution in [2.75, 3.05) is 5.32 Å². The van der Waals surface area contributed by atoms with Gasteiger partial charge in [0, 0.05) is 29.3 Å². The Hall–Kier alpha value is -2.61. The summed E-state index contributed by atoms with van der Waals surface area (Å²) in [4.78, 5) is 24.2. The first-order chi connectivity index (χ1) is 10.2. The predicted octanol–water partition coefficient (Wildman–Crippen LogP) is 2.07. The highest BCUT2D eigenvalue weighted by molar-refractivity contribution is 9.10. The molecule has 0 atom stereocenters. The van der Waals surface area contributed by atoms with Crippen LogP contribution in [0.4, 0.5) is 5.69 Å². The molecule has 3 aromatic rings. The van der Waals surface area contributed by atoms with Gasteiger partial charge in [-0.3, -0.25) is 9.78 Å². The van der Waals surface area contributed by atoms with E-state index in [0.29, 0.717) is 17.2 Å². The first-order valence-corrected chi connectivity index (χ1v) is 6.75. The number of amides is 1. The van der Waals surface area contributed by atoms with Crippen molar-refractivity contribution < 1.29 is 4.79 Å². The molecule has 0 aliphatic carbocycles. The van der Waals surface area contributed by atoms with Gasteiger partial charge < -0.3 is 5.32 Å². The molecule has 0 unspecified atom stereocenters. The molecule has 0 spiro atoms. The molecule has 0 saturated heterocycles. The van der Waals surface area contributed by atoms with E-state index in [2.05, 4.69) is 41.3 Å². The summed E-state index contributed by atoms with van der Waals surface area (Å²) in [6.45, 7) is 0. The fraction of sp³-hybridized carbons (Fsp3) is 0. The average Bonchev–Trinajstić information content (AvgIpc) is 3.02. The summed E-state index contributed by atoms with van der Waals surface area (Å²) < 4.78 is 2.27. The van der Waals surface area contributed by atoms with E-state index in [1.807, 2.05) is 0 Å². The summed E-state index contributed by atoms with van der Waals surface area (Å²) in [6.07, 6.45) is 9.51.